The normalized spacial score (nSPS) is 14.1. The molecule has 0 fully saturated rings. The summed E-state index contributed by atoms with van der Waals surface area (Å²) in [6, 6.07) is 19.5. The fraction of sp³-hybridized carbons (Fsp3) is 0.277. The van der Waals surface area contributed by atoms with Gasteiger partial charge in [-0.1, -0.05) is 38.1 Å². The van der Waals surface area contributed by atoms with E-state index < -0.39 is 84.6 Å². The summed E-state index contributed by atoms with van der Waals surface area (Å²) in [5.41, 5.74) is 8.55. The number of H-pyrrole nitrogens is 2. The van der Waals surface area contributed by atoms with E-state index in [4.69, 9.17) is 8.83 Å². The first-order valence-corrected chi connectivity index (χ1v) is 20.7. The molecule has 6 aromatic rings. The number of benzene rings is 4. The topological polar surface area (TPSA) is 228 Å². The van der Waals surface area contributed by atoms with Gasteiger partial charge < -0.3 is 24.2 Å². The number of hydrogen-bond acceptors (Lipinski definition) is 12. The maximum Gasteiger partial charge on any atom is 0.417 e. The number of carbonyl (C=O) groups excluding carboxylic acids is 5. The Hall–Kier alpha value is -7.39. The Balaban J connectivity index is 0.000000237. The summed E-state index contributed by atoms with van der Waals surface area (Å²) in [7, 11) is 0. The molecule has 15 nitrogen and oxygen atoms in total. The van der Waals surface area contributed by atoms with Crippen molar-refractivity contribution < 1.29 is 63.9 Å². The van der Waals surface area contributed by atoms with E-state index in [0.29, 0.717) is 50.9 Å². The van der Waals surface area contributed by atoms with Crippen LogP contribution in [0.4, 0.5) is 26.3 Å². The second-order valence-electron chi connectivity index (χ2n) is 14.9. The van der Waals surface area contributed by atoms with Gasteiger partial charge in [0.2, 0.25) is 5.78 Å². The number of esters is 1. The van der Waals surface area contributed by atoms with Crippen molar-refractivity contribution >= 4 is 70.0 Å². The average molecular weight is 988 g/mol. The second-order valence-corrected chi connectivity index (χ2v) is 14.9. The lowest BCUT2D eigenvalue weighted by Gasteiger charge is -2.31. The van der Waals surface area contributed by atoms with Crippen LogP contribution in [0.15, 0.2) is 119 Å². The number of nitrogens with zero attached hydrogens (tertiary/aromatic N) is 2. The number of ketones is 2. The molecule has 69 heavy (non-hydrogen) atoms. The van der Waals surface area contributed by atoms with Crippen molar-refractivity contribution in [1.82, 2.24) is 14.9 Å². The van der Waals surface area contributed by atoms with E-state index in [2.05, 4.69) is 25.4 Å². The van der Waals surface area contributed by atoms with E-state index in [1.807, 2.05) is 0 Å². The number of rotatable bonds is 13. The van der Waals surface area contributed by atoms with E-state index in [9.17, 15) is 59.9 Å². The first-order valence-electron chi connectivity index (χ1n) is 20.7. The predicted molar refractivity (Wildman–Crippen MR) is 242 cm³/mol. The zero-order chi connectivity index (χ0) is 49.9. The van der Waals surface area contributed by atoms with Crippen molar-refractivity contribution in [3.63, 3.8) is 0 Å². The molecule has 2 aliphatic heterocycles. The van der Waals surface area contributed by atoms with Gasteiger partial charge in [-0.3, -0.25) is 34.1 Å². The highest BCUT2D eigenvalue weighted by molar-refractivity contribution is 6.38. The van der Waals surface area contributed by atoms with Crippen LogP contribution in [0, 0.1) is 11.6 Å². The van der Waals surface area contributed by atoms with Crippen LogP contribution in [0.3, 0.4) is 0 Å². The van der Waals surface area contributed by atoms with Gasteiger partial charge in [-0.15, -0.1) is 12.4 Å². The molecule has 2 aliphatic rings. The van der Waals surface area contributed by atoms with Crippen molar-refractivity contribution in [3.05, 3.63) is 151 Å². The van der Waals surface area contributed by atoms with Crippen molar-refractivity contribution in [2.24, 2.45) is 10.7 Å². The van der Waals surface area contributed by atoms with Crippen LogP contribution in [0.25, 0.3) is 22.2 Å². The molecule has 4 heterocycles. The van der Waals surface area contributed by atoms with Gasteiger partial charge in [-0.25, -0.2) is 40.7 Å². The molecule has 0 saturated heterocycles. The Bertz CT molecular complexity index is 2990. The van der Waals surface area contributed by atoms with Gasteiger partial charge in [0.25, 0.3) is 17.8 Å². The van der Waals surface area contributed by atoms with Gasteiger partial charge in [0, 0.05) is 35.1 Å². The molecule has 22 heteroatoms. The van der Waals surface area contributed by atoms with Crippen molar-refractivity contribution in [3.8, 4) is 0 Å². The second kappa shape index (κ2) is 23.6. The molecule has 4 N–H and O–H groups in total. The summed E-state index contributed by atoms with van der Waals surface area (Å²) in [6.07, 6.45) is -0.540. The first-order chi connectivity index (χ1) is 32.3. The largest absolute Gasteiger partial charge is 0.460 e. The molecule has 1 atom stereocenters. The highest BCUT2D eigenvalue weighted by atomic mass is 35.5. The number of alkyl halides is 4. The smallest absolute Gasteiger partial charge is 0.417 e. The highest BCUT2D eigenvalue weighted by Gasteiger charge is 2.48. The number of carbonyl (C=O) groups is 5. The molecule has 0 spiro atoms. The highest BCUT2D eigenvalue weighted by Crippen LogP contribution is 2.44. The monoisotopic (exact) mass is 987 g/mol. The summed E-state index contributed by atoms with van der Waals surface area (Å²) >= 11 is 0. The minimum atomic E-state index is -3.08. The van der Waals surface area contributed by atoms with Crippen LogP contribution in [-0.2, 0) is 19.1 Å². The molecule has 0 saturated carbocycles. The zero-order valence-corrected chi connectivity index (χ0v) is 37.7. The molecule has 4 aromatic carbocycles. The lowest BCUT2D eigenvalue weighted by atomic mass is 9.91. The molecular formula is C47H44ClF6N5O10. The fourth-order valence-corrected chi connectivity index (χ4v) is 6.70. The maximum atomic E-state index is 14.4. The number of nitrogens with two attached hydrogens (primary N) is 1. The van der Waals surface area contributed by atoms with Crippen LogP contribution >= 0.6 is 12.4 Å². The zero-order valence-electron chi connectivity index (χ0n) is 36.9. The lowest BCUT2D eigenvalue weighted by molar-refractivity contribution is -0.153. The minimum absolute atomic E-state index is 0. The Morgan fingerprint density at radius 3 is 1.90 bits per heavy atom. The fourth-order valence-electron chi connectivity index (χ4n) is 6.70. The van der Waals surface area contributed by atoms with Gasteiger partial charge >= 0.3 is 17.5 Å². The van der Waals surface area contributed by atoms with Crippen molar-refractivity contribution in [2.45, 2.75) is 57.9 Å². The van der Waals surface area contributed by atoms with Crippen LogP contribution in [-0.4, -0.2) is 88.4 Å². The van der Waals surface area contributed by atoms with E-state index in [0.717, 1.165) is 4.90 Å². The number of para-hydroxylation sites is 2. The third-order valence-electron chi connectivity index (χ3n) is 10.3. The number of Topliss-reactive ketones (excluding diaryl/α,β-unsaturated/α-hetero) is 2. The number of aldehydes is 1. The Kier molecular flexibility index (Phi) is 18.5. The third kappa shape index (κ3) is 13.4. The van der Waals surface area contributed by atoms with Crippen LogP contribution in [0.1, 0.15) is 77.9 Å². The number of hydrogen-bond donors (Lipinski definition) is 3. The maximum absolute atomic E-state index is 14.4. The number of oxazole rings is 2. The molecule has 0 bridgehead atoms. The van der Waals surface area contributed by atoms with Crippen LogP contribution in [0.5, 0.6) is 0 Å². The molecule has 1 unspecified atom stereocenters. The Morgan fingerprint density at radius 2 is 1.36 bits per heavy atom. The van der Waals surface area contributed by atoms with E-state index >= 15 is 0 Å². The summed E-state index contributed by atoms with van der Waals surface area (Å²) in [4.78, 5) is 91.2. The average Bonchev–Trinajstić information content (AvgIpc) is 4.09. The Morgan fingerprint density at radius 1 is 0.812 bits per heavy atom. The summed E-state index contributed by atoms with van der Waals surface area (Å²) in [5, 5.41) is 0. The SMILES string of the molecule is CCC(F)(F)CN.CCC(F)(F)CN1C(=O)C2=C(C(c3cccc4[nH]c(=O)oc34)=NC2)C1c1ccc(F)cc1.CCOC(=O)C(=O)CC(=O)c1cccc2[nH]c(=O)oc12.Cl.O=Cc1ccc(F)cc1. The number of amides is 1. The van der Waals surface area contributed by atoms with Gasteiger partial charge in [0.15, 0.2) is 16.9 Å². The van der Waals surface area contributed by atoms with Gasteiger partial charge in [0.1, 0.15) is 17.9 Å². The van der Waals surface area contributed by atoms with E-state index in [1.54, 1.807) is 31.2 Å². The van der Waals surface area contributed by atoms with E-state index in [-0.39, 0.29) is 54.5 Å². The van der Waals surface area contributed by atoms with Gasteiger partial charge in [0.05, 0.1) is 61.0 Å². The summed E-state index contributed by atoms with van der Waals surface area (Å²) in [5.74, 6) is -11.0. The first kappa shape index (κ1) is 54.2. The quantitative estimate of drug-likeness (QED) is 0.0252. The van der Waals surface area contributed by atoms with Gasteiger partial charge in [-0.05, 0) is 73.2 Å². The molecular weight excluding hydrogens is 944 g/mol. The number of ether oxygens (including phenoxy) is 1. The molecule has 366 valence electrons. The van der Waals surface area contributed by atoms with Crippen molar-refractivity contribution in [1.29, 1.82) is 0 Å². The molecule has 0 radical (unpaired) electrons. The third-order valence-corrected chi connectivity index (χ3v) is 10.3. The number of nitrogens with one attached hydrogen (secondary N) is 2. The Labute approximate surface area is 393 Å². The number of aromatic nitrogens is 2. The van der Waals surface area contributed by atoms with Crippen LogP contribution in [0.2, 0.25) is 0 Å². The minimum Gasteiger partial charge on any atom is -0.460 e. The molecule has 2 aromatic heterocycles. The molecule has 1 amide bonds. The summed E-state index contributed by atoms with van der Waals surface area (Å²) < 4.78 is 92.6. The number of aromatic amines is 2. The standard InChI is InChI=1S/C23H18F3N3O3.C13H11NO6.C7H5FO.C4H9F2N.ClH/c1-2-23(25,26)11-29-19(12-6-8-13(24)9-7-12)17-15(21(29)30)10-27-18(17)14-4-3-5-16-20(14)32-22(31)28-16;1-2-19-12(17)10(16)6-9(15)7-4-3-5-8-11(7)20-13(18)14-8;8-7-3-1-6(5-9)2-4-7;1-2-4(5,6)3-7;/h3-9,19H,2,10-11H2,1H3,(H,28,31);3-5H,2,6H2,1H3,(H,14,18);1-5H;2-3,7H2,1H3;1H. The van der Waals surface area contributed by atoms with Crippen LogP contribution < -0.4 is 17.2 Å². The molecule has 8 rings (SSSR count). The van der Waals surface area contributed by atoms with E-state index in [1.165, 1.54) is 74.5 Å². The summed E-state index contributed by atoms with van der Waals surface area (Å²) in [6.45, 7) is 3.10. The predicted octanol–water partition coefficient (Wildman–Crippen LogP) is 7.86. The van der Waals surface area contributed by atoms with Crippen molar-refractivity contribution in [2.75, 3.05) is 26.2 Å². The molecule has 0 aliphatic carbocycles. The van der Waals surface area contributed by atoms with Gasteiger partial charge in [-0.2, -0.15) is 0 Å². The number of halogens is 7. The lowest BCUT2D eigenvalue weighted by Crippen LogP contribution is -2.41. The number of fused-ring (bicyclic) bond motifs is 2. The number of aliphatic imine (C=N–C) groups is 1.